The molecule has 2 heterocycles. The SMILES string of the molecule is [2H]c1c([2H])c([2H])c(-c2cc(-c3ccccc3)cc3c2oc2cccc(-c4nc(-c5ccc(-c6ccccc6)cc5)nc(-c5cccc(-c6ccccc6)c5)n4)c23)c([2H])c1[2H]. The molecule has 0 spiro atoms. The molecule has 0 atom stereocenters. The number of fused-ring (bicyclic) bond motifs is 3. The van der Waals surface area contributed by atoms with Crippen molar-refractivity contribution in [3.05, 3.63) is 200 Å². The summed E-state index contributed by atoms with van der Waals surface area (Å²) in [5, 5.41) is 1.41. The van der Waals surface area contributed by atoms with Crippen molar-refractivity contribution < 1.29 is 11.3 Å². The van der Waals surface area contributed by atoms with E-state index in [0.717, 1.165) is 49.9 Å². The van der Waals surface area contributed by atoms with Crippen LogP contribution in [0.15, 0.2) is 204 Å². The van der Waals surface area contributed by atoms with E-state index in [2.05, 4.69) is 48.5 Å². The summed E-state index contributed by atoms with van der Waals surface area (Å²) in [4.78, 5) is 15.4. The van der Waals surface area contributed by atoms with E-state index < -0.39 is 18.1 Å². The summed E-state index contributed by atoms with van der Waals surface area (Å²) in [5.74, 6) is 1.42. The Bertz CT molecular complexity index is 3220. The van der Waals surface area contributed by atoms with E-state index in [1.165, 1.54) is 0 Å². The lowest BCUT2D eigenvalue weighted by Gasteiger charge is -2.11. The third-order valence-electron chi connectivity index (χ3n) is 9.83. The lowest BCUT2D eigenvalue weighted by atomic mass is 9.95. The fraction of sp³-hybridized carbons (Fsp3) is 0. The fourth-order valence-electron chi connectivity index (χ4n) is 7.15. The third kappa shape index (κ3) is 6.16. The molecule has 0 N–H and O–H groups in total. The molecule has 0 aliphatic rings. The molecule has 10 aromatic rings. The highest BCUT2D eigenvalue weighted by Gasteiger charge is 2.21. The van der Waals surface area contributed by atoms with Gasteiger partial charge in [0.1, 0.15) is 11.2 Å². The lowest BCUT2D eigenvalue weighted by Crippen LogP contribution is -2.00. The molecular weight excluding hydrogens is 671 g/mol. The molecule has 8 aromatic carbocycles. The average Bonchev–Trinajstić information content (AvgIpc) is 3.70. The van der Waals surface area contributed by atoms with Gasteiger partial charge in [0.2, 0.25) is 0 Å². The van der Waals surface area contributed by atoms with Gasteiger partial charge < -0.3 is 4.42 Å². The Labute approximate surface area is 326 Å². The topological polar surface area (TPSA) is 51.8 Å². The molecule has 0 amide bonds. The predicted molar refractivity (Wildman–Crippen MR) is 225 cm³/mol. The zero-order valence-electron chi connectivity index (χ0n) is 34.4. The summed E-state index contributed by atoms with van der Waals surface area (Å²) in [6.07, 6.45) is 0. The van der Waals surface area contributed by atoms with E-state index in [0.29, 0.717) is 45.2 Å². The Kier molecular flexibility index (Phi) is 6.85. The number of rotatable bonds is 7. The first-order valence-corrected chi connectivity index (χ1v) is 18.0. The van der Waals surface area contributed by atoms with Crippen LogP contribution < -0.4 is 0 Å². The zero-order chi connectivity index (χ0) is 40.9. The molecule has 55 heavy (non-hydrogen) atoms. The molecular formula is C51H33N3O. The van der Waals surface area contributed by atoms with Crippen molar-refractivity contribution in [2.24, 2.45) is 0 Å². The van der Waals surface area contributed by atoms with Crippen LogP contribution in [0.1, 0.15) is 6.85 Å². The summed E-state index contributed by atoms with van der Waals surface area (Å²) in [6, 6.07) is 54.2. The van der Waals surface area contributed by atoms with Crippen LogP contribution in [0.3, 0.4) is 0 Å². The van der Waals surface area contributed by atoms with Gasteiger partial charge in [-0.25, -0.2) is 15.0 Å². The summed E-state index contributed by atoms with van der Waals surface area (Å²) in [6.45, 7) is 0. The number of hydrogen-bond acceptors (Lipinski definition) is 4. The van der Waals surface area contributed by atoms with Gasteiger partial charge in [-0.3, -0.25) is 0 Å². The Morgan fingerprint density at radius 3 is 1.58 bits per heavy atom. The van der Waals surface area contributed by atoms with Crippen LogP contribution in [0.4, 0.5) is 0 Å². The van der Waals surface area contributed by atoms with Crippen LogP contribution in [0, 0.1) is 0 Å². The maximum atomic E-state index is 8.94. The van der Waals surface area contributed by atoms with E-state index in [9.17, 15) is 0 Å². The van der Waals surface area contributed by atoms with Gasteiger partial charge >= 0.3 is 0 Å². The van der Waals surface area contributed by atoms with Crippen molar-refractivity contribution in [2.45, 2.75) is 0 Å². The Morgan fingerprint density at radius 1 is 0.364 bits per heavy atom. The van der Waals surface area contributed by atoms with E-state index in [4.69, 9.17) is 26.2 Å². The first-order chi connectivity index (χ1) is 29.3. The molecule has 2 aromatic heterocycles. The average molecular weight is 709 g/mol. The van der Waals surface area contributed by atoms with Gasteiger partial charge in [0.05, 0.1) is 6.85 Å². The Balaban J connectivity index is 1.23. The molecule has 0 bridgehead atoms. The molecule has 4 nitrogen and oxygen atoms in total. The number of benzene rings is 8. The Hall–Kier alpha value is -7.43. The number of furan rings is 1. The third-order valence-corrected chi connectivity index (χ3v) is 9.83. The highest BCUT2D eigenvalue weighted by Crippen LogP contribution is 2.43. The number of hydrogen-bond donors (Lipinski definition) is 0. The molecule has 258 valence electrons. The number of aromatic nitrogens is 3. The summed E-state index contributed by atoms with van der Waals surface area (Å²) >= 11 is 0. The second kappa shape index (κ2) is 13.8. The van der Waals surface area contributed by atoms with Crippen LogP contribution in [0.2, 0.25) is 0 Å². The quantitative estimate of drug-likeness (QED) is 0.165. The smallest absolute Gasteiger partial charge is 0.164 e. The van der Waals surface area contributed by atoms with E-state index in [1.54, 1.807) is 0 Å². The monoisotopic (exact) mass is 708 g/mol. The minimum Gasteiger partial charge on any atom is -0.455 e. The minimum atomic E-state index is -0.457. The van der Waals surface area contributed by atoms with Crippen molar-refractivity contribution in [1.29, 1.82) is 0 Å². The molecule has 0 saturated carbocycles. The second-order valence-electron chi connectivity index (χ2n) is 13.2. The maximum absolute atomic E-state index is 8.94. The van der Waals surface area contributed by atoms with E-state index in [-0.39, 0.29) is 17.6 Å². The van der Waals surface area contributed by atoms with Crippen molar-refractivity contribution >= 4 is 21.9 Å². The largest absolute Gasteiger partial charge is 0.455 e. The van der Waals surface area contributed by atoms with E-state index >= 15 is 0 Å². The summed E-state index contributed by atoms with van der Waals surface area (Å²) in [7, 11) is 0. The van der Waals surface area contributed by atoms with Gasteiger partial charge in [-0.15, -0.1) is 0 Å². The van der Waals surface area contributed by atoms with Gasteiger partial charge in [-0.1, -0.05) is 176 Å². The molecule has 0 radical (unpaired) electrons. The zero-order valence-corrected chi connectivity index (χ0v) is 29.4. The highest BCUT2D eigenvalue weighted by molar-refractivity contribution is 6.16. The van der Waals surface area contributed by atoms with Crippen LogP contribution >= 0.6 is 0 Å². The molecule has 4 heteroatoms. The minimum absolute atomic E-state index is 0.0615. The summed E-state index contributed by atoms with van der Waals surface area (Å²) in [5.41, 5.74) is 9.65. The summed E-state index contributed by atoms with van der Waals surface area (Å²) < 4.78 is 49.8. The van der Waals surface area contributed by atoms with Gasteiger partial charge in [0, 0.05) is 33.0 Å². The Morgan fingerprint density at radius 2 is 0.891 bits per heavy atom. The van der Waals surface area contributed by atoms with Crippen LogP contribution in [-0.4, -0.2) is 15.0 Å². The molecule has 0 aliphatic carbocycles. The van der Waals surface area contributed by atoms with Crippen molar-refractivity contribution in [1.82, 2.24) is 15.0 Å². The van der Waals surface area contributed by atoms with Gasteiger partial charge in [0.15, 0.2) is 17.5 Å². The standard InChI is InChI=1S/C51H33N3O/c1-5-15-34(16-6-1)37-27-29-39(30-28-37)49-52-50(41-24-13-23-40(31-41)35-17-7-2-8-18-35)54-51(53-49)43-25-14-26-46-47(43)45-33-42(36-19-9-3-10-20-36)32-44(48(45)55-46)38-21-11-4-12-22-38/h1-33H/i4D,11D,12D,21D,22D. The van der Waals surface area contributed by atoms with Crippen molar-refractivity contribution in [2.75, 3.05) is 0 Å². The van der Waals surface area contributed by atoms with Gasteiger partial charge in [-0.2, -0.15) is 0 Å². The normalized spacial score (nSPS) is 12.5. The number of nitrogens with zero attached hydrogens (tertiary/aromatic N) is 3. The second-order valence-corrected chi connectivity index (χ2v) is 13.2. The van der Waals surface area contributed by atoms with Gasteiger partial charge in [-0.05, 0) is 63.2 Å². The molecule has 0 unspecified atom stereocenters. The maximum Gasteiger partial charge on any atom is 0.164 e. The first-order valence-electron chi connectivity index (χ1n) is 20.5. The van der Waals surface area contributed by atoms with Gasteiger partial charge in [0.25, 0.3) is 0 Å². The highest BCUT2D eigenvalue weighted by atomic mass is 16.3. The van der Waals surface area contributed by atoms with Crippen molar-refractivity contribution in [3.63, 3.8) is 0 Å². The van der Waals surface area contributed by atoms with Crippen LogP contribution in [0.25, 0.3) is 101 Å². The first kappa shape index (κ1) is 27.2. The lowest BCUT2D eigenvalue weighted by molar-refractivity contribution is 0.670. The van der Waals surface area contributed by atoms with Crippen molar-refractivity contribution in [3.8, 4) is 78.7 Å². The fourth-order valence-corrected chi connectivity index (χ4v) is 7.15. The molecule has 10 rings (SSSR count). The molecule has 0 aliphatic heterocycles. The van der Waals surface area contributed by atoms with Crippen LogP contribution in [-0.2, 0) is 0 Å². The predicted octanol–water partition coefficient (Wildman–Crippen LogP) is 13.4. The van der Waals surface area contributed by atoms with E-state index in [1.807, 2.05) is 121 Å². The molecule has 0 fully saturated rings. The molecule has 0 saturated heterocycles. The van der Waals surface area contributed by atoms with Crippen LogP contribution in [0.5, 0.6) is 0 Å².